The number of aromatic nitrogens is 2. The molecule has 0 atom stereocenters. The van der Waals surface area contributed by atoms with Crippen molar-refractivity contribution in [2.75, 3.05) is 32.0 Å². The molecule has 1 aromatic heterocycles. The number of amides is 1. The lowest BCUT2D eigenvalue weighted by atomic mass is 10.3. The minimum Gasteiger partial charge on any atom is -0.382 e. The number of carbonyl (C=O) groups excluding carboxylic acids is 1. The second-order valence-electron chi connectivity index (χ2n) is 3.23. The molecule has 1 aromatic rings. The monoisotopic (exact) mass is 208 g/mol. The molecule has 0 aliphatic carbocycles. The van der Waals surface area contributed by atoms with Gasteiger partial charge in [-0.05, 0) is 0 Å². The minimum atomic E-state index is -0.141. The molecule has 0 unspecified atom stereocenters. The molecule has 1 aliphatic rings. The Balaban J connectivity index is 2.12. The van der Waals surface area contributed by atoms with Gasteiger partial charge in [0.2, 0.25) is 0 Å². The Labute approximate surface area is 87.1 Å². The van der Waals surface area contributed by atoms with E-state index in [1.54, 1.807) is 4.90 Å². The van der Waals surface area contributed by atoms with Crippen molar-refractivity contribution in [2.45, 2.75) is 0 Å². The van der Waals surface area contributed by atoms with Gasteiger partial charge in [0.1, 0.15) is 11.5 Å². The summed E-state index contributed by atoms with van der Waals surface area (Å²) in [5.74, 6) is 0.118. The number of carbonyl (C=O) groups is 1. The van der Waals surface area contributed by atoms with Crippen LogP contribution in [0.15, 0.2) is 12.4 Å². The molecule has 80 valence electrons. The maximum atomic E-state index is 11.9. The summed E-state index contributed by atoms with van der Waals surface area (Å²) in [6, 6.07) is 0. The van der Waals surface area contributed by atoms with E-state index in [2.05, 4.69) is 9.97 Å². The molecule has 15 heavy (non-hydrogen) atoms. The first-order valence-electron chi connectivity index (χ1n) is 4.72. The van der Waals surface area contributed by atoms with Gasteiger partial charge in [0, 0.05) is 13.1 Å². The van der Waals surface area contributed by atoms with Crippen LogP contribution in [0.2, 0.25) is 0 Å². The molecule has 1 aliphatic heterocycles. The minimum absolute atomic E-state index is 0.141. The Morgan fingerprint density at radius 1 is 1.40 bits per heavy atom. The second-order valence-corrected chi connectivity index (χ2v) is 3.23. The summed E-state index contributed by atoms with van der Waals surface area (Å²) in [4.78, 5) is 21.3. The number of ether oxygens (including phenoxy) is 1. The van der Waals surface area contributed by atoms with E-state index >= 15 is 0 Å². The van der Waals surface area contributed by atoms with Gasteiger partial charge in [-0.2, -0.15) is 0 Å². The van der Waals surface area contributed by atoms with E-state index in [-0.39, 0.29) is 17.4 Å². The molecule has 6 nitrogen and oxygen atoms in total. The number of hydrogen-bond acceptors (Lipinski definition) is 5. The fraction of sp³-hybridized carbons (Fsp3) is 0.444. The highest BCUT2D eigenvalue weighted by atomic mass is 16.5. The number of anilines is 1. The van der Waals surface area contributed by atoms with E-state index in [9.17, 15) is 4.79 Å². The van der Waals surface area contributed by atoms with Gasteiger partial charge in [-0.3, -0.25) is 9.78 Å². The van der Waals surface area contributed by atoms with Crippen LogP contribution in [0.1, 0.15) is 10.5 Å². The number of nitrogen functional groups attached to an aromatic ring is 1. The third-order valence-electron chi connectivity index (χ3n) is 2.17. The molecule has 6 heteroatoms. The zero-order valence-electron chi connectivity index (χ0n) is 8.22. The van der Waals surface area contributed by atoms with E-state index in [4.69, 9.17) is 10.5 Å². The SMILES string of the molecule is Nc1cncc(C(=O)N2CCOCC2)n1. The lowest BCUT2D eigenvalue weighted by Gasteiger charge is -2.26. The molecular formula is C9H12N4O2. The van der Waals surface area contributed by atoms with Crippen LogP contribution in [0.3, 0.4) is 0 Å². The number of rotatable bonds is 1. The number of nitrogens with zero attached hydrogens (tertiary/aromatic N) is 3. The first-order valence-corrected chi connectivity index (χ1v) is 4.72. The Bertz CT molecular complexity index is 363. The van der Waals surface area contributed by atoms with E-state index in [0.29, 0.717) is 26.3 Å². The van der Waals surface area contributed by atoms with Crippen LogP contribution in [-0.4, -0.2) is 47.1 Å². The van der Waals surface area contributed by atoms with E-state index in [0.717, 1.165) is 0 Å². The van der Waals surface area contributed by atoms with E-state index < -0.39 is 0 Å². The fourth-order valence-corrected chi connectivity index (χ4v) is 1.41. The molecule has 0 spiro atoms. The average molecular weight is 208 g/mol. The maximum Gasteiger partial charge on any atom is 0.274 e. The van der Waals surface area contributed by atoms with Gasteiger partial charge in [0.15, 0.2) is 0 Å². The molecule has 1 fully saturated rings. The average Bonchev–Trinajstić information content (AvgIpc) is 2.29. The van der Waals surface area contributed by atoms with Crippen LogP contribution < -0.4 is 5.73 Å². The van der Waals surface area contributed by atoms with Gasteiger partial charge < -0.3 is 15.4 Å². The van der Waals surface area contributed by atoms with E-state index in [1.165, 1.54) is 12.4 Å². The van der Waals surface area contributed by atoms with Crippen LogP contribution in [-0.2, 0) is 4.74 Å². The molecule has 2 heterocycles. The predicted molar refractivity (Wildman–Crippen MR) is 53.2 cm³/mol. The van der Waals surface area contributed by atoms with Crippen molar-refractivity contribution >= 4 is 11.7 Å². The lowest BCUT2D eigenvalue weighted by molar-refractivity contribution is 0.0299. The lowest BCUT2D eigenvalue weighted by Crippen LogP contribution is -2.41. The first-order chi connectivity index (χ1) is 7.27. The highest BCUT2D eigenvalue weighted by Crippen LogP contribution is 2.05. The summed E-state index contributed by atoms with van der Waals surface area (Å²) < 4.78 is 5.15. The zero-order valence-corrected chi connectivity index (χ0v) is 8.22. The molecule has 2 rings (SSSR count). The summed E-state index contributed by atoms with van der Waals surface area (Å²) in [5, 5.41) is 0. The summed E-state index contributed by atoms with van der Waals surface area (Å²) in [6.07, 6.45) is 2.84. The van der Waals surface area contributed by atoms with Crippen LogP contribution >= 0.6 is 0 Å². The van der Waals surface area contributed by atoms with Crippen LogP contribution in [0.4, 0.5) is 5.82 Å². The summed E-state index contributed by atoms with van der Waals surface area (Å²) in [5.41, 5.74) is 5.75. The van der Waals surface area contributed by atoms with Gasteiger partial charge in [-0.15, -0.1) is 0 Å². The largest absolute Gasteiger partial charge is 0.382 e. The van der Waals surface area contributed by atoms with Gasteiger partial charge in [-0.25, -0.2) is 4.98 Å². The van der Waals surface area contributed by atoms with Crippen LogP contribution in [0.5, 0.6) is 0 Å². The molecule has 0 aromatic carbocycles. The fourth-order valence-electron chi connectivity index (χ4n) is 1.41. The first kappa shape index (κ1) is 9.85. The predicted octanol–water partition coefficient (Wildman–Crippen LogP) is -0.469. The molecule has 0 bridgehead atoms. The maximum absolute atomic E-state index is 11.9. The van der Waals surface area contributed by atoms with Crippen LogP contribution in [0.25, 0.3) is 0 Å². The van der Waals surface area contributed by atoms with Crippen LogP contribution in [0, 0.1) is 0 Å². The van der Waals surface area contributed by atoms with Gasteiger partial charge in [-0.1, -0.05) is 0 Å². The highest BCUT2D eigenvalue weighted by molar-refractivity contribution is 5.92. The highest BCUT2D eigenvalue weighted by Gasteiger charge is 2.19. The topological polar surface area (TPSA) is 81.3 Å². The summed E-state index contributed by atoms with van der Waals surface area (Å²) in [7, 11) is 0. The van der Waals surface area contributed by atoms with Gasteiger partial charge in [0.25, 0.3) is 5.91 Å². The molecule has 0 saturated carbocycles. The molecule has 1 saturated heterocycles. The second kappa shape index (κ2) is 4.22. The molecular weight excluding hydrogens is 196 g/mol. The third-order valence-corrected chi connectivity index (χ3v) is 2.17. The van der Waals surface area contributed by atoms with Crippen molar-refractivity contribution in [1.82, 2.24) is 14.9 Å². The Morgan fingerprint density at radius 3 is 2.80 bits per heavy atom. The Kier molecular flexibility index (Phi) is 2.77. The number of nitrogens with two attached hydrogens (primary N) is 1. The third kappa shape index (κ3) is 2.21. The smallest absolute Gasteiger partial charge is 0.274 e. The normalized spacial score (nSPS) is 16.4. The quantitative estimate of drug-likeness (QED) is 0.674. The van der Waals surface area contributed by atoms with Crippen molar-refractivity contribution in [3.8, 4) is 0 Å². The zero-order chi connectivity index (χ0) is 10.7. The summed E-state index contributed by atoms with van der Waals surface area (Å²) in [6.45, 7) is 2.33. The van der Waals surface area contributed by atoms with Crippen molar-refractivity contribution in [3.05, 3.63) is 18.1 Å². The van der Waals surface area contributed by atoms with Gasteiger partial charge >= 0.3 is 0 Å². The van der Waals surface area contributed by atoms with Crippen molar-refractivity contribution < 1.29 is 9.53 Å². The van der Waals surface area contributed by atoms with E-state index in [1.807, 2.05) is 0 Å². The van der Waals surface area contributed by atoms with Crippen molar-refractivity contribution in [2.24, 2.45) is 0 Å². The molecule has 1 amide bonds. The number of morpholine rings is 1. The Hall–Kier alpha value is -1.69. The standard InChI is InChI=1S/C9H12N4O2/c10-8-6-11-5-7(12-8)9(14)13-1-3-15-4-2-13/h5-6H,1-4H2,(H2,10,12). The number of hydrogen-bond donors (Lipinski definition) is 1. The van der Waals surface area contributed by atoms with Crippen molar-refractivity contribution in [3.63, 3.8) is 0 Å². The van der Waals surface area contributed by atoms with Gasteiger partial charge in [0.05, 0.1) is 25.6 Å². The summed E-state index contributed by atoms with van der Waals surface area (Å²) >= 11 is 0. The molecule has 2 N–H and O–H groups in total. The van der Waals surface area contributed by atoms with Crippen molar-refractivity contribution in [1.29, 1.82) is 0 Å². The Morgan fingerprint density at radius 2 is 2.13 bits per heavy atom. The molecule has 0 radical (unpaired) electrons.